The molecule has 0 radical (unpaired) electrons. The van der Waals surface area contributed by atoms with E-state index in [-0.39, 0.29) is 41.7 Å². The minimum absolute atomic E-state index is 0.0392. The van der Waals surface area contributed by atoms with Crippen molar-refractivity contribution < 1.29 is 46.6 Å². The summed E-state index contributed by atoms with van der Waals surface area (Å²) in [5, 5.41) is 8.60. The Morgan fingerprint density at radius 2 is 1.81 bits per heavy atom. The quantitative estimate of drug-likeness (QED) is 0.199. The lowest BCUT2D eigenvalue weighted by Gasteiger charge is -2.25. The highest BCUT2D eigenvalue weighted by Crippen LogP contribution is 2.34. The van der Waals surface area contributed by atoms with Gasteiger partial charge in [0.05, 0.1) is 30.0 Å². The molecule has 2 aromatic heterocycles. The van der Waals surface area contributed by atoms with E-state index in [1.165, 1.54) is 21.0 Å². The minimum atomic E-state index is -4.89. The van der Waals surface area contributed by atoms with Crippen LogP contribution in [0, 0.1) is 25.7 Å². The monoisotopic (exact) mass is 673 g/mol. The van der Waals surface area contributed by atoms with Gasteiger partial charge < -0.3 is 30.4 Å². The highest BCUT2D eigenvalue weighted by molar-refractivity contribution is 6.02. The van der Waals surface area contributed by atoms with Crippen LogP contribution in [0.5, 0.6) is 5.75 Å². The fraction of sp³-hybridized carbons (Fsp3) is 0.455. The first-order valence-corrected chi connectivity index (χ1v) is 15.4. The van der Waals surface area contributed by atoms with Gasteiger partial charge in [-0.2, -0.15) is 13.2 Å². The molecule has 0 saturated carbocycles. The molecule has 258 valence electrons. The van der Waals surface area contributed by atoms with Gasteiger partial charge >= 0.3 is 12.1 Å². The predicted octanol–water partition coefficient (Wildman–Crippen LogP) is 3.79. The molecule has 15 heteroatoms. The molecular formula is C33H38F3N5O7. The highest BCUT2D eigenvalue weighted by Gasteiger charge is 2.38. The predicted molar refractivity (Wildman–Crippen MR) is 167 cm³/mol. The molecule has 0 unspecified atom stereocenters. The van der Waals surface area contributed by atoms with Crippen LogP contribution in [0.3, 0.4) is 0 Å². The number of H-pyrrole nitrogens is 1. The lowest BCUT2D eigenvalue weighted by molar-refractivity contribution is -0.138. The van der Waals surface area contributed by atoms with Gasteiger partial charge in [-0.1, -0.05) is 19.9 Å². The van der Waals surface area contributed by atoms with Gasteiger partial charge in [0.25, 0.3) is 5.91 Å². The summed E-state index contributed by atoms with van der Waals surface area (Å²) < 4.78 is 51.6. The Hall–Kier alpha value is -4.95. The van der Waals surface area contributed by atoms with Gasteiger partial charge in [0, 0.05) is 29.1 Å². The van der Waals surface area contributed by atoms with E-state index in [1.54, 1.807) is 24.3 Å². The second-order valence-corrected chi connectivity index (χ2v) is 12.1. The van der Waals surface area contributed by atoms with E-state index >= 15 is 0 Å². The third-order valence-corrected chi connectivity index (χ3v) is 7.99. The first-order chi connectivity index (χ1) is 22.6. The summed E-state index contributed by atoms with van der Waals surface area (Å²) in [6, 6.07) is 5.07. The summed E-state index contributed by atoms with van der Waals surface area (Å²) in [5.74, 6) is -4.11. The van der Waals surface area contributed by atoms with Crippen LogP contribution in [0.15, 0.2) is 30.3 Å². The Labute approximate surface area is 274 Å². The maximum absolute atomic E-state index is 13.7. The molecule has 48 heavy (non-hydrogen) atoms. The number of aromatic nitrogens is 2. The minimum Gasteiger partial charge on any atom is -0.496 e. The standard InChI is InChI=1S/C33H38F3N5O7/c1-16(2)11-24(41-31(45)25-14-20-22(39-25)7-6-8-27(20)47-5)30(44)40-23(13-19-9-10-37-29(19)43)26(42)15-48-32(46)28-18(4)38-17(3)12-21(28)33(34,35)36/h6-8,12,14,16,19,23-24,39H,9-11,13,15H2,1-5H3,(H,37,43)(H,40,44)(H,41,45)/t19-,23-,24-/m0/s1. The van der Waals surface area contributed by atoms with Gasteiger partial charge in [0.15, 0.2) is 12.4 Å². The molecule has 1 aliphatic rings. The number of rotatable bonds is 13. The first-order valence-electron chi connectivity index (χ1n) is 15.4. The molecule has 4 rings (SSSR count). The van der Waals surface area contributed by atoms with Gasteiger partial charge in [-0.3, -0.25) is 24.2 Å². The van der Waals surface area contributed by atoms with Crippen LogP contribution < -0.4 is 20.7 Å². The second kappa shape index (κ2) is 14.9. The number of nitrogens with one attached hydrogen (secondary N) is 4. The SMILES string of the molecule is COc1cccc2[nH]c(C(=O)N[C@@H](CC(C)C)C(=O)N[C@@H](C[C@@H]3CCNC3=O)C(=O)COC(=O)c3c(C(F)(F)F)cc(C)nc3C)cc12. The molecule has 0 bridgehead atoms. The number of fused-ring (bicyclic) bond motifs is 1. The number of halogens is 3. The number of carbonyl (C=O) groups excluding carboxylic acids is 5. The number of nitrogens with zero attached hydrogens (tertiary/aromatic N) is 1. The van der Waals surface area contributed by atoms with Crippen LogP contribution in [0.25, 0.3) is 10.9 Å². The van der Waals surface area contributed by atoms with Crippen molar-refractivity contribution in [3.63, 3.8) is 0 Å². The fourth-order valence-electron chi connectivity index (χ4n) is 5.68. The van der Waals surface area contributed by atoms with Crippen molar-refractivity contribution in [2.24, 2.45) is 11.8 Å². The third kappa shape index (κ3) is 8.49. The smallest absolute Gasteiger partial charge is 0.417 e. The molecule has 4 N–H and O–H groups in total. The number of ether oxygens (including phenoxy) is 2. The highest BCUT2D eigenvalue weighted by atomic mass is 19.4. The van der Waals surface area contributed by atoms with Crippen LogP contribution in [0.2, 0.25) is 0 Å². The van der Waals surface area contributed by atoms with E-state index in [0.717, 1.165) is 0 Å². The van der Waals surface area contributed by atoms with Gasteiger partial charge in [0.2, 0.25) is 11.8 Å². The van der Waals surface area contributed by atoms with E-state index in [4.69, 9.17) is 9.47 Å². The average molecular weight is 674 g/mol. The van der Waals surface area contributed by atoms with Crippen LogP contribution in [0.4, 0.5) is 13.2 Å². The number of aryl methyl sites for hydroxylation is 2. The summed E-state index contributed by atoms with van der Waals surface area (Å²) in [5.41, 5.74) is -1.47. The van der Waals surface area contributed by atoms with Gasteiger partial charge in [-0.25, -0.2) is 4.79 Å². The lowest BCUT2D eigenvalue weighted by Crippen LogP contribution is -2.53. The number of amides is 3. The summed E-state index contributed by atoms with van der Waals surface area (Å²) in [6.07, 6.45) is -4.49. The van der Waals surface area contributed by atoms with Crippen LogP contribution in [-0.2, 0) is 25.3 Å². The molecule has 1 aliphatic heterocycles. The number of ketones is 1. The maximum Gasteiger partial charge on any atom is 0.417 e. The number of hydrogen-bond acceptors (Lipinski definition) is 8. The molecule has 1 fully saturated rings. The summed E-state index contributed by atoms with van der Waals surface area (Å²) in [4.78, 5) is 72.5. The van der Waals surface area contributed by atoms with Gasteiger partial charge in [-0.05, 0) is 63.3 Å². The van der Waals surface area contributed by atoms with Crippen molar-refractivity contribution in [2.75, 3.05) is 20.3 Å². The number of aromatic amines is 1. The molecule has 3 heterocycles. The second-order valence-electron chi connectivity index (χ2n) is 12.1. The van der Waals surface area contributed by atoms with Crippen molar-refractivity contribution >= 4 is 40.4 Å². The number of esters is 1. The van der Waals surface area contributed by atoms with E-state index in [2.05, 4.69) is 25.9 Å². The number of methoxy groups -OCH3 is 1. The maximum atomic E-state index is 13.7. The largest absolute Gasteiger partial charge is 0.496 e. The fourth-order valence-corrected chi connectivity index (χ4v) is 5.68. The molecule has 3 aromatic rings. The Morgan fingerprint density at radius 1 is 1.08 bits per heavy atom. The zero-order chi connectivity index (χ0) is 35.3. The Bertz CT molecular complexity index is 1720. The zero-order valence-corrected chi connectivity index (χ0v) is 27.2. The summed E-state index contributed by atoms with van der Waals surface area (Å²) >= 11 is 0. The topological polar surface area (TPSA) is 169 Å². The molecular weight excluding hydrogens is 635 g/mol. The molecule has 1 aromatic carbocycles. The summed E-state index contributed by atoms with van der Waals surface area (Å²) in [6.45, 7) is 5.61. The number of alkyl halides is 3. The van der Waals surface area contributed by atoms with E-state index < -0.39 is 65.5 Å². The number of Topliss-reactive ketones (excluding diaryl/α,β-unsaturated/α-hetero) is 1. The van der Waals surface area contributed by atoms with E-state index in [1.807, 2.05) is 13.8 Å². The van der Waals surface area contributed by atoms with Gasteiger partial charge in [0.1, 0.15) is 17.5 Å². The molecule has 0 spiro atoms. The first kappa shape index (κ1) is 35.9. The normalized spacial score (nSPS) is 15.9. The van der Waals surface area contributed by atoms with Crippen LogP contribution in [0.1, 0.15) is 70.9 Å². The van der Waals surface area contributed by atoms with Crippen molar-refractivity contribution in [1.82, 2.24) is 25.9 Å². The Morgan fingerprint density at radius 3 is 2.44 bits per heavy atom. The number of hydrogen-bond donors (Lipinski definition) is 4. The van der Waals surface area contributed by atoms with E-state index in [0.29, 0.717) is 35.7 Å². The molecule has 12 nitrogen and oxygen atoms in total. The molecule has 0 aliphatic carbocycles. The Kier molecular flexibility index (Phi) is 11.1. The van der Waals surface area contributed by atoms with Crippen molar-refractivity contribution in [3.8, 4) is 5.75 Å². The van der Waals surface area contributed by atoms with Crippen molar-refractivity contribution in [2.45, 2.75) is 65.2 Å². The molecule has 1 saturated heterocycles. The summed E-state index contributed by atoms with van der Waals surface area (Å²) in [7, 11) is 1.50. The van der Waals surface area contributed by atoms with Crippen molar-refractivity contribution in [3.05, 3.63) is 58.5 Å². The average Bonchev–Trinajstić information content (AvgIpc) is 3.63. The number of pyridine rings is 1. The van der Waals surface area contributed by atoms with Crippen molar-refractivity contribution in [1.29, 1.82) is 0 Å². The van der Waals surface area contributed by atoms with Crippen LogP contribution >= 0.6 is 0 Å². The third-order valence-electron chi connectivity index (χ3n) is 7.99. The van der Waals surface area contributed by atoms with Crippen LogP contribution in [-0.4, -0.2) is 71.8 Å². The Balaban J connectivity index is 1.53. The molecule has 3 amide bonds. The molecule has 3 atom stereocenters. The number of benzene rings is 1. The number of carbonyl (C=O) groups is 5. The zero-order valence-electron chi connectivity index (χ0n) is 27.2. The lowest BCUT2D eigenvalue weighted by atomic mass is 9.95. The van der Waals surface area contributed by atoms with E-state index in [9.17, 15) is 37.1 Å². The van der Waals surface area contributed by atoms with Gasteiger partial charge in [-0.15, -0.1) is 0 Å².